The Morgan fingerprint density at radius 3 is 2.42 bits per heavy atom. The van der Waals surface area contributed by atoms with Crippen molar-refractivity contribution in [3.63, 3.8) is 0 Å². The Morgan fingerprint density at radius 1 is 1.03 bits per heavy atom. The Balaban J connectivity index is 1.48. The van der Waals surface area contributed by atoms with E-state index in [1.807, 2.05) is 12.1 Å². The van der Waals surface area contributed by atoms with E-state index in [0.717, 1.165) is 17.0 Å². The first kappa shape index (κ1) is 21.8. The first-order chi connectivity index (χ1) is 14.8. The van der Waals surface area contributed by atoms with Crippen molar-refractivity contribution >= 4 is 50.2 Å². The smallest absolute Gasteiger partial charge is 0.267 e. The summed E-state index contributed by atoms with van der Waals surface area (Å²) in [4.78, 5) is 14.8. The largest absolute Gasteiger partial charge is 0.369 e. The van der Waals surface area contributed by atoms with Gasteiger partial charge in [-0.3, -0.25) is 4.79 Å². The number of benzene rings is 2. The summed E-state index contributed by atoms with van der Waals surface area (Å²) in [6.45, 7) is 1.64. The standard InChI is InChI=1S/C21H19ClFN3O3S2/c22-15-4-6-18(7-5-15)25-9-11-26(12-10-25)31(28,29)19-8-13-30-20(19)21(27)24-17-3-1-2-16(23)14-17/h1-8,13-14H,9-12H2,(H,24,27). The summed E-state index contributed by atoms with van der Waals surface area (Å²) in [5.41, 5.74) is 1.24. The summed E-state index contributed by atoms with van der Waals surface area (Å²) in [6, 6.07) is 14.3. The third-order valence-electron chi connectivity index (χ3n) is 4.97. The molecule has 1 aromatic heterocycles. The van der Waals surface area contributed by atoms with Gasteiger partial charge in [0, 0.05) is 42.6 Å². The summed E-state index contributed by atoms with van der Waals surface area (Å²) in [7, 11) is -3.85. The molecule has 1 fully saturated rings. The molecule has 1 N–H and O–H groups in total. The van der Waals surface area contributed by atoms with Crippen LogP contribution in [-0.2, 0) is 10.0 Å². The Bertz CT molecular complexity index is 1190. The number of hydrogen-bond acceptors (Lipinski definition) is 5. The Hall–Kier alpha value is -2.46. The Kier molecular flexibility index (Phi) is 6.29. The fourth-order valence-corrected chi connectivity index (χ4v) is 6.24. The third-order valence-corrected chi connectivity index (χ3v) is 8.20. The average molecular weight is 480 g/mol. The summed E-state index contributed by atoms with van der Waals surface area (Å²) >= 11 is 6.97. The molecule has 0 saturated carbocycles. The fourth-order valence-electron chi connectivity index (χ4n) is 3.40. The van der Waals surface area contributed by atoms with Gasteiger partial charge in [-0.05, 0) is 53.9 Å². The lowest BCUT2D eigenvalue weighted by atomic mass is 10.2. The summed E-state index contributed by atoms with van der Waals surface area (Å²) in [6.07, 6.45) is 0. The molecule has 10 heteroatoms. The molecule has 0 unspecified atom stereocenters. The zero-order chi connectivity index (χ0) is 22.0. The Labute approximate surface area is 188 Å². The Morgan fingerprint density at radius 2 is 1.74 bits per heavy atom. The molecule has 3 aromatic rings. The number of halogens is 2. The number of carbonyl (C=O) groups excluding carboxylic acids is 1. The predicted octanol–water partition coefficient (Wildman–Crippen LogP) is 4.30. The van der Waals surface area contributed by atoms with Crippen LogP contribution in [0, 0.1) is 5.82 Å². The number of nitrogens with zero attached hydrogens (tertiary/aromatic N) is 2. The molecule has 0 atom stereocenters. The number of rotatable bonds is 5. The minimum absolute atomic E-state index is 0.0358. The highest BCUT2D eigenvalue weighted by Crippen LogP contribution is 2.28. The number of thiophene rings is 1. The maximum atomic E-state index is 13.4. The molecular formula is C21H19ClFN3O3S2. The number of hydrogen-bond donors (Lipinski definition) is 1. The van der Waals surface area contributed by atoms with Crippen LogP contribution in [-0.4, -0.2) is 44.8 Å². The first-order valence-electron chi connectivity index (χ1n) is 9.50. The van der Waals surface area contributed by atoms with E-state index in [-0.39, 0.29) is 15.5 Å². The van der Waals surface area contributed by atoms with E-state index in [0.29, 0.717) is 31.2 Å². The van der Waals surface area contributed by atoms with Gasteiger partial charge in [-0.15, -0.1) is 11.3 Å². The van der Waals surface area contributed by atoms with Crippen molar-refractivity contribution in [1.82, 2.24) is 4.31 Å². The maximum Gasteiger partial charge on any atom is 0.267 e. The quantitative estimate of drug-likeness (QED) is 0.592. The van der Waals surface area contributed by atoms with Crippen molar-refractivity contribution < 1.29 is 17.6 Å². The number of carbonyl (C=O) groups is 1. The lowest BCUT2D eigenvalue weighted by molar-refractivity contribution is 0.102. The van der Waals surface area contributed by atoms with E-state index < -0.39 is 21.7 Å². The van der Waals surface area contributed by atoms with Crippen molar-refractivity contribution in [1.29, 1.82) is 0 Å². The second-order valence-corrected chi connectivity index (χ2v) is 10.2. The van der Waals surface area contributed by atoms with Crippen LogP contribution in [0.4, 0.5) is 15.8 Å². The van der Waals surface area contributed by atoms with Gasteiger partial charge >= 0.3 is 0 Å². The molecule has 162 valence electrons. The van der Waals surface area contributed by atoms with Crippen molar-refractivity contribution in [2.24, 2.45) is 0 Å². The van der Waals surface area contributed by atoms with Crippen molar-refractivity contribution in [2.75, 3.05) is 36.4 Å². The third kappa shape index (κ3) is 4.74. The summed E-state index contributed by atoms with van der Waals surface area (Å²) in [5.74, 6) is -1.07. The zero-order valence-electron chi connectivity index (χ0n) is 16.3. The molecule has 0 radical (unpaired) electrons. The highest BCUT2D eigenvalue weighted by Gasteiger charge is 2.32. The second-order valence-electron chi connectivity index (χ2n) is 6.95. The van der Waals surface area contributed by atoms with Crippen LogP contribution < -0.4 is 10.2 Å². The highest BCUT2D eigenvalue weighted by molar-refractivity contribution is 7.89. The van der Waals surface area contributed by atoms with Gasteiger partial charge in [0.15, 0.2) is 0 Å². The number of sulfonamides is 1. The molecule has 4 rings (SSSR count). The predicted molar refractivity (Wildman–Crippen MR) is 121 cm³/mol. The zero-order valence-corrected chi connectivity index (χ0v) is 18.7. The van der Waals surface area contributed by atoms with Gasteiger partial charge in [-0.1, -0.05) is 17.7 Å². The fraction of sp³-hybridized carbons (Fsp3) is 0.190. The van der Waals surface area contributed by atoms with Crippen LogP contribution in [0.1, 0.15) is 9.67 Å². The molecule has 1 aliphatic rings. The SMILES string of the molecule is O=C(Nc1cccc(F)c1)c1sccc1S(=O)(=O)N1CCN(c2ccc(Cl)cc2)CC1. The van der Waals surface area contributed by atoms with Crippen LogP contribution in [0.25, 0.3) is 0 Å². The molecule has 0 bridgehead atoms. The van der Waals surface area contributed by atoms with E-state index in [4.69, 9.17) is 11.6 Å². The molecule has 0 aliphatic carbocycles. The van der Waals surface area contributed by atoms with Gasteiger partial charge in [0.2, 0.25) is 10.0 Å². The minimum atomic E-state index is -3.85. The molecule has 0 spiro atoms. The lowest BCUT2D eigenvalue weighted by Crippen LogP contribution is -2.48. The van der Waals surface area contributed by atoms with E-state index in [1.54, 1.807) is 23.6 Å². The minimum Gasteiger partial charge on any atom is -0.369 e. The summed E-state index contributed by atoms with van der Waals surface area (Å²) < 4.78 is 41.2. The number of anilines is 2. The van der Waals surface area contributed by atoms with Gasteiger partial charge in [0.25, 0.3) is 5.91 Å². The molecule has 6 nitrogen and oxygen atoms in total. The number of amides is 1. The molecule has 1 aliphatic heterocycles. The van der Waals surface area contributed by atoms with Crippen molar-refractivity contribution in [2.45, 2.75) is 4.90 Å². The normalized spacial score (nSPS) is 15.1. The average Bonchev–Trinajstić information content (AvgIpc) is 3.26. The molecule has 31 heavy (non-hydrogen) atoms. The topological polar surface area (TPSA) is 69.7 Å². The summed E-state index contributed by atoms with van der Waals surface area (Å²) in [5, 5.41) is 4.77. The first-order valence-corrected chi connectivity index (χ1v) is 12.2. The van der Waals surface area contributed by atoms with E-state index in [1.165, 1.54) is 28.6 Å². The van der Waals surface area contributed by atoms with Gasteiger partial charge in [0.05, 0.1) is 0 Å². The monoisotopic (exact) mass is 479 g/mol. The number of nitrogens with one attached hydrogen (secondary N) is 1. The van der Waals surface area contributed by atoms with Crippen LogP contribution in [0.2, 0.25) is 5.02 Å². The lowest BCUT2D eigenvalue weighted by Gasteiger charge is -2.35. The van der Waals surface area contributed by atoms with Crippen LogP contribution >= 0.6 is 22.9 Å². The van der Waals surface area contributed by atoms with Crippen LogP contribution in [0.15, 0.2) is 64.9 Å². The van der Waals surface area contributed by atoms with E-state index >= 15 is 0 Å². The van der Waals surface area contributed by atoms with Crippen LogP contribution in [0.3, 0.4) is 0 Å². The molecule has 2 heterocycles. The van der Waals surface area contributed by atoms with Gasteiger partial charge < -0.3 is 10.2 Å². The van der Waals surface area contributed by atoms with Crippen LogP contribution in [0.5, 0.6) is 0 Å². The number of piperazine rings is 1. The van der Waals surface area contributed by atoms with Crippen molar-refractivity contribution in [3.05, 3.63) is 75.7 Å². The van der Waals surface area contributed by atoms with E-state index in [2.05, 4.69) is 10.2 Å². The van der Waals surface area contributed by atoms with E-state index in [9.17, 15) is 17.6 Å². The van der Waals surface area contributed by atoms with Gasteiger partial charge in [-0.25, -0.2) is 12.8 Å². The molecule has 1 amide bonds. The van der Waals surface area contributed by atoms with Crippen molar-refractivity contribution in [3.8, 4) is 0 Å². The van der Waals surface area contributed by atoms with Gasteiger partial charge in [0.1, 0.15) is 15.6 Å². The maximum absolute atomic E-state index is 13.4. The highest BCUT2D eigenvalue weighted by atomic mass is 35.5. The molecule has 1 saturated heterocycles. The molecular weight excluding hydrogens is 461 g/mol. The van der Waals surface area contributed by atoms with Gasteiger partial charge in [-0.2, -0.15) is 4.31 Å². The second kappa shape index (κ2) is 8.96. The molecule has 2 aromatic carbocycles.